The number of allylic oxidation sites excluding steroid dienone is 5. The topological polar surface area (TPSA) is 0 Å². The van der Waals surface area contributed by atoms with Gasteiger partial charge in [-0.1, -0.05) is 43.4 Å². The van der Waals surface area contributed by atoms with E-state index >= 15 is 0 Å². The second-order valence-corrected chi connectivity index (χ2v) is 2.30. The van der Waals surface area contributed by atoms with Gasteiger partial charge in [-0.3, -0.25) is 0 Å². The van der Waals surface area contributed by atoms with E-state index in [0.717, 1.165) is 12.8 Å². The molecule has 0 atom stereocenters. The summed E-state index contributed by atoms with van der Waals surface area (Å²) in [5.74, 6) is 0. The molecule has 10 heavy (non-hydrogen) atoms. The van der Waals surface area contributed by atoms with E-state index in [1.54, 1.807) is 6.08 Å². The zero-order valence-corrected chi connectivity index (χ0v) is 6.93. The average Bonchev–Trinajstić information content (AvgIpc) is 1.98. The molecule has 0 saturated heterocycles. The molecular formula is C10H16. The van der Waals surface area contributed by atoms with Crippen molar-refractivity contribution in [2.24, 2.45) is 0 Å². The summed E-state index contributed by atoms with van der Waals surface area (Å²) in [6.45, 7) is 7.91. The molecule has 0 unspecified atom stereocenters. The molecule has 0 spiro atoms. The van der Waals surface area contributed by atoms with E-state index in [4.69, 9.17) is 0 Å². The van der Waals surface area contributed by atoms with Crippen LogP contribution in [-0.2, 0) is 0 Å². The first-order valence-corrected chi connectivity index (χ1v) is 3.74. The van der Waals surface area contributed by atoms with Crippen LogP contribution >= 0.6 is 0 Å². The standard InChI is InChI=1S/C10H16/c1-4-6-7-8-9-10(3)5-2/h4,6-7,9H,1,5,8H2,2-3H3. The average molecular weight is 136 g/mol. The molecule has 0 aliphatic rings. The third-order valence-corrected chi connectivity index (χ3v) is 1.43. The first kappa shape index (κ1) is 9.22. The number of hydrogen-bond acceptors (Lipinski definition) is 0. The van der Waals surface area contributed by atoms with Crippen LogP contribution < -0.4 is 0 Å². The molecule has 0 amide bonds. The quantitative estimate of drug-likeness (QED) is 0.410. The van der Waals surface area contributed by atoms with E-state index in [9.17, 15) is 0 Å². The van der Waals surface area contributed by atoms with Crippen molar-refractivity contribution in [3.8, 4) is 0 Å². The van der Waals surface area contributed by atoms with Gasteiger partial charge in [-0.2, -0.15) is 0 Å². The minimum absolute atomic E-state index is 1.03. The molecular weight excluding hydrogens is 120 g/mol. The summed E-state index contributed by atoms with van der Waals surface area (Å²) in [6.07, 6.45) is 10.3. The second-order valence-electron chi connectivity index (χ2n) is 2.30. The Balaban J connectivity index is 3.51. The zero-order chi connectivity index (χ0) is 7.82. The van der Waals surface area contributed by atoms with Crippen LogP contribution in [0.3, 0.4) is 0 Å². The van der Waals surface area contributed by atoms with Crippen molar-refractivity contribution in [3.05, 3.63) is 36.5 Å². The van der Waals surface area contributed by atoms with Crippen LogP contribution in [0, 0.1) is 0 Å². The molecule has 0 heteroatoms. The summed E-state index contributed by atoms with van der Waals surface area (Å²) < 4.78 is 0. The fourth-order valence-electron chi connectivity index (χ4n) is 0.588. The van der Waals surface area contributed by atoms with Gasteiger partial charge in [-0.15, -0.1) is 0 Å². The molecule has 0 fully saturated rings. The van der Waals surface area contributed by atoms with Gasteiger partial charge in [0.2, 0.25) is 0 Å². The van der Waals surface area contributed by atoms with Crippen molar-refractivity contribution < 1.29 is 0 Å². The Kier molecular flexibility index (Phi) is 5.85. The predicted molar refractivity (Wildman–Crippen MR) is 48.0 cm³/mol. The van der Waals surface area contributed by atoms with Crippen LogP contribution in [-0.4, -0.2) is 0 Å². The lowest BCUT2D eigenvalue weighted by atomic mass is 10.2. The van der Waals surface area contributed by atoms with Gasteiger partial charge in [-0.25, -0.2) is 0 Å². The van der Waals surface area contributed by atoms with Crippen LogP contribution in [0.5, 0.6) is 0 Å². The van der Waals surface area contributed by atoms with Gasteiger partial charge in [0.15, 0.2) is 0 Å². The third-order valence-electron chi connectivity index (χ3n) is 1.43. The van der Waals surface area contributed by atoms with Crippen LogP contribution in [0.1, 0.15) is 26.7 Å². The van der Waals surface area contributed by atoms with E-state index in [0.29, 0.717) is 0 Å². The Labute approximate surface area is 64.0 Å². The summed E-state index contributed by atoms with van der Waals surface area (Å²) in [7, 11) is 0. The highest BCUT2D eigenvalue weighted by Gasteiger charge is 1.78. The van der Waals surface area contributed by atoms with Crippen LogP contribution in [0.15, 0.2) is 36.5 Å². The Morgan fingerprint density at radius 1 is 1.50 bits per heavy atom. The molecule has 0 saturated carbocycles. The molecule has 0 radical (unpaired) electrons. The van der Waals surface area contributed by atoms with Crippen LogP contribution in [0.2, 0.25) is 0 Å². The van der Waals surface area contributed by atoms with Crippen molar-refractivity contribution in [2.45, 2.75) is 26.7 Å². The second kappa shape index (κ2) is 6.34. The number of rotatable bonds is 4. The van der Waals surface area contributed by atoms with Gasteiger partial charge in [0.05, 0.1) is 0 Å². The van der Waals surface area contributed by atoms with Gasteiger partial charge in [0, 0.05) is 0 Å². The summed E-state index contributed by atoms with van der Waals surface area (Å²) >= 11 is 0. The molecule has 0 aromatic carbocycles. The normalized spacial score (nSPS) is 12.4. The Morgan fingerprint density at radius 3 is 2.70 bits per heavy atom. The Hall–Kier alpha value is -0.780. The van der Waals surface area contributed by atoms with Gasteiger partial charge in [-0.05, 0) is 19.8 Å². The largest absolute Gasteiger partial charge is 0.0991 e. The minimum atomic E-state index is 1.03. The highest BCUT2D eigenvalue weighted by molar-refractivity contribution is 5.04. The van der Waals surface area contributed by atoms with Gasteiger partial charge >= 0.3 is 0 Å². The lowest BCUT2D eigenvalue weighted by molar-refractivity contribution is 1.08. The maximum atomic E-state index is 3.59. The minimum Gasteiger partial charge on any atom is -0.0991 e. The molecule has 0 aromatic rings. The highest BCUT2D eigenvalue weighted by atomic mass is 13.9. The van der Waals surface area contributed by atoms with Crippen LogP contribution in [0.4, 0.5) is 0 Å². The van der Waals surface area contributed by atoms with Gasteiger partial charge < -0.3 is 0 Å². The van der Waals surface area contributed by atoms with E-state index in [1.165, 1.54) is 5.57 Å². The molecule has 0 aliphatic heterocycles. The summed E-state index contributed by atoms with van der Waals surface area (Å²) in [5.41, 5.74) is 1.45. The smallest absolute Gasteiger partial charge is 0.0163 e. The monoisotopic (exact) mass is 136 g/mol. The van der Waals surface area contributed by atoms with Crippen molar-refractivity contribution in [2.75, 3.05) is 0 Å². The molecule has 56 valence electrons. The summed E-state index contributed by atoms with van der Waals surface area (Å²) in [5, 5.41) is 0. The molecule has 0 rings (SSSR count). The Bertz CT molecular complexity index is 138. The van der Waals surface area contributed by atoms with Crippen molar-refractivity contribution in [3.63, 3.8) is 0 Å². The third kappa shape index (κ3) is 5.36. The first-order chi connectivity index (χ1) is 4.81. The van der Waals surface area contributed by atoms with Crippen molar-refractivity contribution in [1.29, 1.82) is 0 Å². The molecule has 0 N–H and O–H groups in total. The molecule has 0 nitrogen and oxygen atoms in total. The maximum absolute atomic E-state index is 3.59. The molecule has 0 aliphatic carbocycles. The summed E-state index contributed by atoms with van der Waals surface area (Å²) in [4.78, 5) is 0. The molecule has 0 bridgehead atoms. The van der Waals surface area contributed by atoms with E-state index in [1.807, 2.05) is 6.08 Å². The predicted octanol–water partition coefficient (Wildman–Crippen LogP) is 3.48. The Morgan fingerprint density at radius 2 is 2.20 bits per heavy atom. The number of hydrogen-bond donors (Lipinski definition) is 0. The zero-order valence-electron chi connectivity index (χ0n) is 6.93. The summed E-state index contributed by atoms with van der Waals surface area (Å²) in [6, 6.07) is 0. The van der Waals surface area contributed by atoms with Crippen LogP contribution in [0.25, 0.3) is 0 Å². The van der Waals surface area contributed by atoms with E-state index in [2.05, 4.69) is 32.6 Å². The van der Waals surface area contributed by atoms with E-state index in [-0.39, 0.29) is 0 Å². The maximum Gasteiger partial charge on any atom is -0.0163 e. The van der Waals surface area contributed by atoms with E-state index < -0.39 is 0 Å². The fraction of sp³-hybridized carbons (Fsp3) is 0.400. The van der Waals surface area contributed by atoms with Crippen molar-refractivity contribution >= 4 is 0 Å². The first-order valence-electron chi connectivity index (χ1n) is 3.74. The SMILES string of the molecule is C=CC=CCC=C(C)CC. The lowest BCUT2D eigenvalue weighted by Crippen LogP contribution is -1.69. The van der Waals surface area contributed by atoms with Gasteiger partial charge in [0.1, 0.15) is 0 Å². The van der Waals surface area contributed by atoms with Crippen molar-refractivity contribution in [1.82, 2.24) is 0 Å². The molecule has 0 heterocycles. The lowest BCUT2D eigenvalue weighted by Gasteiger charge is -1.90. The highest BCUT2D eigenvalue weighted by Crippen LogP contribution is 1.99. The van der Waals surface area contributed by atoms with Gasteiger partial charge in [0.25, 0.3) is 0 Å². The fourth-order valence-corrected chi connectivity index (χ4v) is 0.588. The molecule has 0 aromatic heterocycles.